The van der Waals surface area contributed by atoms with Crippen LogP contribution in [0.2, 0.25) is 0 Å². The predicted molar refractivity (Wildman–Crippen MR) is 62.5 cm³/mol. The molecule has 0 radical (unpaired) electrons. The third-order valence-electron chi connectivity index (χ3n) is 2.47. The minimum Gasteiger partial charge on any atom is -0.744 e. The largest absolute Gasteiger partial charge is 1.00 e. The van der Waals surface area contributed by atoms with Gasteiger partial charge < -0.3 is 9.87 Å². The smallest absolute Gasteiger partial charge is 0.744 e. The molecule has 0 aliphatic carbocycles. The van der Waals surface area contributed by atoms with E-state index >= 15 is 0 Å². The van der Waals surface area contributed by atoms with E-state index in [1.54, 1.807) is 6.92 Å². The molecule has 0 aromatic heterocycles. The van der Waals surface area contributed by atoms with Crippen LogP contribution in [0, 0.1) is 5.92 Å². The predicted octanol–water partition coefficient (Wildman–Crippen LogP) is -1.42. The topological polar surface area (TPSA) is 86.3 Å². The summed E-state index contributed by atoms with van der Waals surface area (Å²) in [5.74, 6) is -0.247. The van der Waals surface area contributed by atoms with E-state index in [4.69, 9.17) is 0 Å². The Morgan fingerprint density at radius 3 is 2.22 bits per heavy atom. The number of carbonyl (C=O) groups is 1. The van der Waals surface area contributed by atoms with E-state index in [1.807, 2.05) is 6.92 Å². The molecule has 0 bridgehead atoms. The maximum Gasteiger partial charge on any atom is 1.00 e. The Balaban J connectivity index is 0.00000289. The monoisotopic (exact) mass is 279 g/mol. The van der Waals surface area contributed by atoms with Crippen molar-refractivity contribution in [2.24, 2.45) is 5.92 Å². The average Bonchev–Trinajstić information content (AvgIpc) is 2.27. The van der Waals surface area contributed by atoms with E-state index in [1.165, 1.54) is 24.3 Å². The molecule has 0 aliphatic heterocycles. The molecular weight excluding hydrogens is 265 g/mol. The van der Waals surface area contributed by atoms with Gasteiger partial charge >= 0.3 is 29.6 Å². The molecule has 0 spiro atoms. The first-order chi connectivity index (χ1) is 7.84. The maximum atomic E-state index is 11.5. The fourth-order valence-corrected chi connectivity index (χ4v) is 1.63. The molecule has 5 nitrogen and oxygen atoms in total. The van der Waals surface area contributed by atoms with Crippen molar-refractivity contribution in [1.82, 2.24) is 0 Å². The molecule has 0 saturated heterocycles. The molecule has 1 atom stereocenters. The molecule has 0 aliphatic rings. The molecule has 1 unspecified atom stereocenters. The second kappa shape index (κ2) is 7.25. The van der Waals surface area contributed by atoms with Crippen molar-refractivity contribution in [2.45, 2.75) is 25.2 Å². The van der Waals surface area contributed by atoms with Gasteiger partial charge in [0.05, 0.1) is 4.90 Å². The van der Waals surface area contributed by atoms with Gasteiger partial charge in [0.25, 0.3) is 0 Å². The Labute approximate surface area is 129 Å². The first-order valence-corrected chi connectivity index (χ1v) is 6.62. The third-order valence-corrected chi connectivity index (χ3v) is 3.32. The third kappa shape index (κ3) is 5.07. The Hall–Kier alpha value is -0.400. The summed E-state index contributed by atoms with van der Waals surface area (Å²) >= 11 is 0. The Kier molecular flexibility index (Phi) is 7.09. The van der Waals surface area contributed by atoms with Gasteiger partial charge in [-0.15, -0.1) is 0 Å². The summed E-state index contributed by atoms with van der Waals surface area (Å²) in [5, 5.41) is 2.64. The van der Waals surface area contributed by atoms with Crippen LogP contribution in [0.3, 0.4) is 0 Å². The molecule has 1 amide bonds. The molecule has 94 valence electrons. The molecule has 7 heteroatoms. The Morgan fingerprint density at radius 1 is 1.33 bits per heavy atom. The maximum absolute atomic E-state index is 11.5. The van der Waals surface area contributed by atoms with Gasteiger partial charge in [0.1, 0.15) is 10.1 Å². The molecular formula is C11H14NNaO4S. The van der Waals surface area contributed by atoms with Gasteiger partial charge in [0.15, 0.2) is 0 Å². The number of nitrogens with one attached hydrogen (secondary N) is 1. The summed E-state index contributed by atoms with van der Waals surface area (Å²) in [6.07, 6.45) is 0.721. The molecule has 1 aromatic rings. The molecule has 18 heavy (non-hydrogen) atoms. The zero-order valence-electron chi connectivity index (χ0n) is 10.6. The van der Waals surface area contributed by atoms with Crippen LogP contribution in [-0.4, -0.2) is 18.9 Å². The Morgan fingerprint density at radius 2 is 1.83 bits per heavy atom. The zero-order valence-corrected chi connectivity index (χ0v) is 13.5. The van der Waals surface area contributed by atoms with Gasteiger partial charge in [-0.2, -0.15) is 0 Å². The summed E-state index contributed by atoms with van der Waals surface area (Å²) in [7, 11) is -4.43. The number of hydrogen-bond acceptors (Lipinski definition) is 4. The summed E-state index contributed by atoms with van der Waals surface area (Å²) in [5.41, 5.74) is 0.475. The summed E-state index contributed by atoms with van der Waals surface area (Å²) in [4.78, 5) is 11.2. The first-order valence-electron chi connectivity index (χ1n) is 5.21. The van der Waals surface area contributed by atoms with Crippen molar-refractivity contribution in [2.75, 3.05) is 5.32 Å². The van der Waals surface area contributed by atoms with Crippen molar-refractivity contribution >= 4 is 21.7 Å². The second-order valence-corrected chi connectivity index (χ2v) is 5.16. The molecule has 0 fully saturated rings. The van der Waals surface area contributed by atoms with Crippen LogP contribution in [0.5, 0.6) is 0 Å². The van der Waals surface area contributed by atoms with Crippen LogP contribution in [0.15, 0.2) is 29.2 Å². The van der Waals surface area contributed by atoms with Crippen LogP contribution >= 0.6 is 0 Å². The zero-order chi connectivity index (χ0) is 13.1. The number of anilines is 1. The van der Waals surface area contributed by atoms with Crippen LogP contribution < -0.4 is 34.9 Å². The second-order valence-electron chi connectivity index (χ2n) is 3.78. The molecule has 1 aromatic carbocycles. The van der Waals surface area contributed by atoms with Gasteiger partial charge in [-0.1, -0.05) is 13.8 Å². The minimum atomic E-state index is -4.43. The standard InChI is InChI=1S/C11H15NO4S.Na/c1-3-8(2)11(13)12-9-4-6-10(7-5-9)17(14,15)16;/h4-8H,3H2,1-2H3,(H,12,13)(H,14,15,16);/q;+1/p-1. The number of carbonyl (C=O) groups excluding carboxylic acids is 1. The van der Waals surface area contributed by atoms with Crippen LogP contribution in [-0.2, 0) is 14.9 Å². The van der Waals surface area contributed by atoms with Gasteiger partial charge in [-0.3, -0.25) is 4.79 Å². The number of amides is 1. The first kappa shape index (κ1) is 17.6. The van der Waals surface area contributed by atoms with Gasteiger partial charge in [-0.25, -0.2) is 8.42 Å². The number of rotatable bonds is 4. The van der Waals surface area contributed by atoms with Gasteiger partial charge in [-0.05, 0) is 30.7 Å². The molecule has 0 heterocycles. The molecule has 1 rings (SSSR count). The SMILES string of the molecule is CCC(C)C(=O)Nc1ccc(S(=O)(=O)[O-])cc1.[Na+]. The summed E-state index contributed by atoms with van der Waals surface area (Å²) < 4.78 is 32.0. The van der Waals surface area contributed by atoms with Gasteiger partial charge in [0.2, 0.25) is 5.91 Å². The average molecular weight is 279 g/mol. The quantitative estimate of drug-likeness (QED) is 0.541. The number of benzene rings is 1. The number of hydrogen-bond donors (Lipinski definition) is 1. The minimum absolute atomic E-state index is 0. The van der Waals surface area contributed by atoms with Crippen LogP contribution in [0.25, 0.3) is 0 Å². The van der Waals surface area contributed by atoms with Gasteiger partial charge in [0, 0.05) is 11.6 Å². The van der Waals surface area contributed by atoms with Crippen molar-refractivity contribution in [3.05, 3.63) is 24.3 Å². The summed E-state index contributed by atoms with van der Waals surface area (Å²) in [6, 6.07) is 5.14. The van der Waals surface area contributed by atoms with E-state index in [9.17, 15) is 17.8 Å². The van der Waals surface area contributed by atoms with E-state index in [2.05, 4.69) is 5.32 Å². The van der Waals surface area contributed by atoms with Crippen molar-refractivity contribution in [3.8, 4) is 0 Å². The molecule has 0 saturated carbocycles. The Bertz CT molecular complexity index is 498. The van der Waals surface area contributed by atoms with Crippen LogP contribution in [0.4, 0.5) is 5.69 Å². The fourth-order valence-electron chi connectivity index (χ4n) is 1.16. The fraction of sp³-hybridized carbons (Fsp3) is 0.364. The van der Waals surface area contributed by atoms with Crippen molar-refractivity contribution < 1.29 is 47.3 Å². The van der Waals surface area contributed by atoms with Crippen molar-refractivity contribution in [1.29, 1.82) is 0 Å². The molecule has 1 N–H and O–H groups in total. The van der Waals surface area contributed by atoms with E-state index in [-0.39, 0.29) is 46.3 Å². The van der Waals surface area contributed by atoms with Crippen LogP contribution in [0.1, 0.15) is 20.3 Å². The van der Waals surface area contributed by atoms with E-state index in [0.717, 1.165) is 6.42 Å². The van der Waals surface area contributed by atoms with E-state index < -0.39 is 10.1 Å². The van der Waals surface area contributed by atoms with Crippen molar-refractivity contribution in [3.63, 3.8) is 0 Å². The normalized spacial score (nSPS) is 12.4. The van der Waals surface area contributed by atoms with E-state index in [0.29, 0.717) is 5.69 Å². The summed E-state index contributed by atoms with van der Waals surface area (Å²) in [6.45, 7) is 3.70.